The van der Waals surface area contributed by atoms with E-state index in [0.717, 1.165) is 5.56 Å². The number of nitrogens with one attached hydrogen (secondary N) is 1. The minimum Gasteiger partial charge on any atom is -0.336 e. The van der Waals surface area contributed by atoms with E-state index < -0.39 is 15.1 Å². The van der Waals surface area contributed by atoms with E-state index in [9.17, 15) is 13.2 Å². The van der Waals surface area contributed by atoms with Crippen molar-refractivity contribution in [2.24, 2.45) is 0 Å². The fraction of sp³-hybridized carbons (Fsp3) is 0.238. The molecule has 3 aromatic rings. The van der Waals surface area contributed by atoms with Gasteiger partial charge in [-0.3, -0.25) is 9.89 Å². The first kappa shape index (κ1) is 19.7. The molecule has 1 fully saturated rings. The van der Waals surface area contributed by atoms with Crippen molar-refractivity contribution in [3.05, 3.63) is 76.9 Å². The van der Waals surface area contributed by atoms with Crippen LogP contribution < -0.4 is 0 Å². The maximum absolute atomic E-state index is 13.0. The number of carbonyl (C=O) groups is 1. The van der Waals surface area contributed by atoms with Crippen LogP contribution in [-0.2, 0) is 9.84 Å². The van der Waals surface area contributed by atoms with Crippen molar-refractivity contribution >= 4 is 27.3 Å². The number of H-pyrrole nitrogens is 1. The van der Waals surface area contributed by atoms with Crippen molar-refractivity contribution in [1.82, 2.24) is 15.1 Å². The Morgan fingerprint density at radius 1 is 1.07 bits per heavy atom. The molecule has 1 amide bonds. The topological polar surface area (TPSA) is 83.1 Å². The summed E-state index contributed by atoms with van der Waals surface area (Å²) in [7, 11) is -3.43. The van der Waals surface area contributed by atoms with Gasteiger partial charge in [-0.15, -0.1) is 0 Å². The Hall–Kier alpha value is -2.64. The van der Waals surface area contributed by atoms with E-state index in [2.05, 4.69) is 10.2 Å². The van der Waals surface area contributed by atoms with Gasteiger partial charge >= 0.3 is 0 Å². The van der Waals surface area contributed by atoms with Gasteiger partial charge in [0.1, 0.15) is 5.69 Å². The summed E-state index contributed by atoms with van der Waals surface area (Å²) in [6.45, 7) is 0.468. The number of hydrogen-bond acceptors (Lipinski definition) is 4. The van der Waals surface area contributed by atoms with Gasteiger partial charge in [-0.25, -0.2) is 8.42 Å². The van der Waals surface area contributed by atoms with Crippen LogP contribution in [0.1, 0.15) is 27.7 Å². The fourth-order valence-electron chi connectivity index (χ4n) is 3.59. The number of benzene rings is 2. The van der Waals surface area contributed by atoms with Gasteiger partial charge in [0.2, 0.25) is 0 Å². The van der Waals surface area contributed by atoms with Crippen LogP contribution in [-0.4, -0.2) is 48.3 Å². The highest BCUT2D eigenvalue weighted by atomic mass is 35.5. The predicted molar refractivity (Wildman–Crippen MR) is 113 cm³/mol. The number of nitrogens with zero attached hydrogens (tertiary/aromatic N) is 2. The van der Waals surface area contributed by atoms with Crippen molar-refractivity contribution in [1.29, 1.82) is 0 Å². The quantitative estimate of drug-likeness (QED) is 0.687. The monoisotopic (exact) mass is 429 g/mol. The van der Waals surface area contributed by atoms with Crippen molar-refractivity contribution in [3.8, 4) is 11.3 Å². The second-order valence-corrected chi connectivity index (χ2v) is 9.70. The number of hydrogen-bond donors (Lipinski definition) is 1. The lowest BCUT2D eigenvalue weighted by Gasteiger charge is -2.19. The average Bonchev–Trinajstić information content (AvgIpc) is 3.16. The second-order valence-electron chi connectivity index (χ2n) is 6.99. The summed E-state index contributed by atoms with van der Waals surface area (Å²) >= 11 is 6.24. The predicted octanol–water partition coefficient (Wildman–Crippen LogP) is 3.73. The zero-order valence-corrected chi connectivity index (χ0v) is 17.2. The third-order valence-electron chi connectivity index (χ3n) is 5.16. The van der Waals surface area contributed by atoms with Crippen LogP contribution in [0.2, 0.25) is 5.02 Å². The third kappa shape index (κ3) is 4.06. The van der Waals surface area contributed by atoms with Gasteiger partial charge in [-0.05, 0) is 24.1 Å². The van der Waals surface area contributed by atoms with Crippen molar-refractivity contribution in [3.63, 3.8) is 0 Å². The summed E-state index contributed by atoms with van der Waals surface area (Å²) in [5.74, 6) is -0.358. The molecule has 1 saturated heterocycles. The van der Waals surface area contributed by atoms with Crippen molar-refractivity contribution in [2.45, 2.75) is 11.7 Å². The van der Waals surface area contributed by atoms with Crippen LogP contribution in [0.25, 0.3) is 11.3 Å². The molecule has 0 saturated carbocycles. The standard InChI is InChI=1S/C21H20ClN3O3S/c22-17-9-5-4-8-16(17)20-10-11-25(12-13-29(20,27)28)21(26)19-14-18(23-24-19)15-6-2-1-3-7-15/h1-9,14,20H,10-13H2,(H,23,24). The Morgan fingerprint density at radius 2 is 1.79 bits per heavy atom. The SMILES string of the molecule is O=C(c1cc(-c2ccccc2)n[nH]1)N1CCC(c2ccccc2Cl)S(=O)(=O)CC1. The molecule has 0 spiro atoms. The summed E-state index contributed by atoms with van der Waals surface area (Å²) in [6.07, 6.45) is 0.303. The van der Waals surface area contributed by atoms with Crippen molar-refractivity contribution < 1.29 is 13.2 Å². The zero-order valence-electron chi connectivity index (χ0n) is 15.6. The summed E-state index contributed by atoms with van der Waals surface area (Å²) in [5, 5.41) is 6.72. The highest BCUT2D eigenvalue weighted by molar-refractivity contribution is 7.91. The number of carbonyl (C=O) groups excluding carboxylic acids is 1. The van der Waals surface area contributed by atoms with Gasteiger partial charge < -0.3 is 4.90 Å². The minimum absolute atomic E-state index is 0.103. The van der Waals surface area contributed by atoms with Gasteiger partial charge in [0, 0.05) is 23.7 Å². The first-order valence-corrected chi connectivity index (χ1v) is 11.4. The maximum atomic E-state index is 13.0. The lowest BCUT2D eigenvalue weighted by molar-refractivity contribution is 0.0760. The summed E-state index contributed by atoms with van der Waals surface area (Å²) in [5.41, 5.74) is 2.51. The van der Waals surface area contributed by atoms with Gasteiger partial charge in [-0.2, -0.15) is 5.10 Å². The van der Waals surface area contributed by atoms with Crippen LogP contribution in [0.3, 0.4) is 0 Å². The lowest BCUT2D eigenvalue weighted by Crippen LogP contribution is -2.33. The molecule has 0 bridgehead atoms. The molecule has 2 aromatic carbocycles. The summed E-state index contributed by atoms with van der Waals surface area (Å²) in [6, 6.07) is 18.2. The van der Waals surface area contributed by atoms with Crippen LogP contribution in [0, 0.1) is 0 Å². The van der Waals surface area contributed by atoms with E-state index in [1.165, 1.54) is 0 Å². The molecule has 0 radical (unpaired) electrons. The number of aromatic amines is 1. The van der Waals surface area contributed by atoms with E-state index in [1.807, 2.05) is 30.3 Å². The normalized spacial score (nSPS) is 18.9. The molecule has 0 aliphatic carbocycles. The largest absolute Gasteiger partial charge is 0.336 e. The minimum atomic E-state index is -3.43. The zero-order chi connectivity index (χ0) is 20.4. The molecule has 8 heteroatoms. The Bertz CT molecular complexity index is 1130. The number of halogens is 1. The molecule has 150 valence electrons. The Kier molecular flexibility index (Phi) is 5.43. The van der Waals surface area contributed by atoms with Crippen LogP contribution in [0.15, 0.2) is 60.7 Å². The molecule has 29 heavy (non-hydrogen) atoms. The van der Waals surface area contributed by atoms with Crippen LogP contribution in [0.4, 0.5) is 0 Å². The highest BCUT2D eigenvalue weighted by Crippen LogP contribution is 2.34. The van der Waals surface area contributed by atoms with Gasteiger partial charge in [-0.1, -0.05) is 60.1 Å². The molecule has 1 unspecified atom stereocenters. The highest BCUT2D eigenvalue weighted by Gasteiger charge is 2.34. The van der Waals surface area contributed by atoms with E-state index >= 15 is 0 Å². The number of sulfone groups is 1. The molecule has 1 atom stereocenters. The van der Waals surface area contributed by atoms with Crippen LogP contribution in [0.5, 0.6) is 0 Å². The van der Waals surface area contributed by atoms with E-state index in [1.54, 1.807) is 35.2 Å². The van der Waals surface area contributed by atoms with Gasteiger partial charge in [0.25, 0.3) is 5.91 Å². The Morgan fingerprint density at radius 3 is 2.55 bits per heavy atom. The Balaban J connectivity index is 1.55. The number of aromatic nitrogens is 2. The molecule has 1 aliphatic rings. The average molecular weight is 430 g/mol. The van der Waals surface area contributed by atoms with E-state index in [0.29, 0.717) is 34.9 Å². The first-order valence-electron chi connectivity index (χ1n) is 9.32. The molecule has 2 heterocycles. The lowest BCUT2D eigenvalue weighted by atomic mass is 10.1. The van der Waals surface area contributed by atoms with Crippen LogP contribution >= 0.6 is 11.6 Å². The molecule has 1 aliphatic heterocycles. The first-order chi connectivity index (χ1) is 14.0. The maximum Gasteiger partial charge on any atom is 0.271 e. The Labute approximate surface area is 174 Å². The fourth-order valence-corrected chi connectivity index (χ4v) is 5.74. The van der Waals surface area contributed by atoms with Gasteiger partial charge in [0.15, 0.2) is 9.84 Å². The molecular formula is C21H20ClN3O3S. The van der Waals surface area contributed by atoms with E-state index in [-0.39, 0.29) is 18.2 Å². The van der Waals surface area contributed by atoms with Gasteiger partial charge in [0.05, 0.1) is 16.7 Å². The molecular weight excluding hydrogens is 410 g/mol. The second kappa shape index (κ2) is 8.00. The molecule has 4 rings (SSSR count). The summed E-state index contributed by atoms with van der Waals surface area (Å²) < 4.78 is 25.7. The molecule has 6 nitrogen and oxygen atoms in total. The number of amides is 1. The molecule has 1 aromatic heterocycles. The third-order valence-corrected chi connectivity index (χ3v) is 7.61. The smallest absolute Gasteiger partial charge is 0.271 e. The molecule has 1 N–H and O–H groups in total. The van der Waals surface area contributed by atoms with E-state index in [4.69, 9.17) is 11.6 Å². The number of rotatable bonds is 3. The van der Waals surface area contributed by atoms with Crippen molar-refractivity contribution in [2.75, 3.05) is 18.8 Å². The summed E-state index contributed by atoms with van der Waals surface area (Å²) in [4.78, 5) is 14.5.